The minimum absolute atomic E-state index is 0.182. The van der Waals surface area contributed by atoms with Crippen molar-refractivity contribution >= 4 is 27.6 Å². The van der Waals surface area contributed by atoms with E-state index in [0.29, 0.717) is 61.6 Å². The van der Waals surface area contributed by atoms with Crippen LogP contribution in [0.2, 0.25) is 0 Å². The topological polar surface area (TPSA) is 69.6 Å². The van der Waals surface area contributed by atoms with Crippen LogP contribution in [0, 0.1) is 11.6 Å². The zero-order valence-corrected chi connectivity index (χ0v) is 18.1. The summed E-state index contributed by atoms with van der Waals surface area (Å²) in [5.41, 5.74) is 9.23. The van der Waals surface area contributed by atoms with Crippen molar-refractivity contribution in [1.29, 1.82) is 0 Å². The number of fused-ring (bicyclic) bond motifs is 2. The van der Waals surface area contributed by atoms with Crippen molar-refractivity contribution in [1.82, 2.24) is 19.5 Å². The Hall–Kier alpha value is -3.94. The number of nitrogen functional groups attached to an aromatic ring is 1. The molecule has 3 aromatic heterocycles. The molecule has 8 heteroatoms. The fourth-order valence-electron chi connectivity index (χ4n) is 4.52. The molecule has 2 N–H and O–H groups in total. The van der Waals surface area contributed by atoms with Crippen molar-refractivity contribution in [3.05, 3.63) is 83.6 Å². The Kier molecular flexibility index (Phi) is 4.76. The van der Waals surface area contributed by atoms with Crippen LogP contribution in [0.25, 0.3) is 32.9 Å². The molecule has 34 heavy (non-hydrogen) atoms. The summed E-state index contributed by atoms with van der Waals surface area (Å²) >= 11 is 0. The Labute approximate surface area is 193 Å². The Balaban J connectivity index is 1.43. The first-order valence-electron chi connectivity index (χ1n) is 11.0. The first kappa shape index (κ1) is 20.7. The first-order chi connectivity index (χ1) is 16.5. The van der Waals surface area contributed by atoms with Crippen molar-refractivity contribution in [2.45, 2.75) is 32.0 Å². The summed E-state index contributed by atoms with van der Waals surface area (Å²) in [5, 5.41) is 1.63. The maximum absolute atomic E-state index is 15.7. The molecule has 5 aromatic rings. The van der Waals surface area contributed by atoms with Gasteiger partial charge < -0.3 is 10.3 Å². The molecular formula is C26H20F3N5. The minimum atomic E-state index is -0.668. The molecule has 1 saturated carbocycles. The van der Waals surface area contributed by atoms with Crippen LogP contribution in [0.4, 0.5) is 19.0 Å². The van der Waals surface area contributed by atoms with E-state index in [0.717, 1.165) is 12.8 Å². The molecule has 0 unspecified atom stereocenters. The molecule has 0 spiro atoms. The van der Waals surface area contributed by atoms with Crippen molar-refractivity contribution in [2.75, 3.05) is 5.73 Å². The van der Waals surface area contributed by atoms with E-state index in [1.165, 1.54) is 30.7 Å². The highest BCUT2D eigenvalue weighted by Gasteiger charge is 2.28. The van der Waals surface area contributed by atoms with Crippen LogP contribution in [-0.4, -0.2) is 19.5 Å². The number of hydrogen-bond donors (Lipinski definition) is 1. The normalized spacial score (nSPS) is 13.7. The highest BCUT2D eigenvalue weighted by atomic mass is 19.1. The molecule has 0 aliphatic heterocycles. The molecule has 3 heterocycles. The van der Waals surface area contributed by atoms with Gasteiger partial charge in [-0.2, -0.15) is 0 Å². The molecule has 170 valence electrons. The molecule has 0 amide bonds. The number of nitrogens with two attached hydrogens (primary N) is 1. The number of aromatic nitrogens is 4. The number of nitrogens with zero attached hydrogens (tertiary/aromatic N) is 4. The van der Waals surface area contributed by atoms with Gasteiger partial charge in [-0.15, -0.1) is 0 Å². The SMILES string of the molecule is Nc1ncnc2c1c(-c1ccc3cc(Cc4cc(CF)ccc4F)ncc3c1F)cn2C1CC1. The monoisotopic (exact) mass is 459 g/mol. The van der Waals surface area contributed by atoms with Crippen molar-refractivity contribution in [3.8, 4) is 11.1 Å². The summed E-state index contributed by atoms with van der Waals surface area (Å²) in [6, 6.07) is 9.76. The van der Waals surface area contributed by atoms with E-state index in [2.05, 4.69) is 15.0 Å². The van der Waals surface area contributed by atoms with E-state index in [-0.39, 0.29) is 6.42 Å². The second-order valence-corrected chi connectivity index (χ2v) is 8.70. The quantitative estimate of drug-likeness (QED) is 0.355. The lowest BCUT2D eigenvalue weighted by Crippen LogP contribution is -1.98. The Morgan fingerprint density at radius 1 is 1.00 bits per heavy atom. The number of alkyl halides is 1. The third-order valence-electron chi connectivity index (χ3n) is 6.40. The molecule has 0 atom stereocenters. The highest BCUT2D eigenvalue weighted by Crippen LogP contribution is 2.43. The van der Waals surface area contributed by atoms with E-state index in [1.807, 2.05) is 16.8 Å². The number of anilines is 1. The third kappa shape index (κ3) is 3.37. The molecular weight excluding hydrogens is 439 g/mol. The predicted octanol–water partition coefficient (Wildman–Crippen LogP) is 5.90. The number of benzene rings is 2. The average molecular weight is 459 g/mol. The zero-order chi connectivity index (χ0) is 23.4. The minimum Gasteiger partial charge on any atom is -0.383 e. The van der Waals surface area contributed by atoms with Crippen molar-refractivity contribution in [2.24, 2.45) is 0 Å². The summed E-state index contributed by atoms with van der Waals surface area (Å²) < 4.78 is 45.0. The van der Waals surface area contributed by atoms with Crippen LogP contribution in [0.1, 0.15) is 35.7 Å². The number of hydrogen-bond acceptors (Lipinski definition) is 4. The molecule has 2 aromatic carbocycles. The maximum Gasteiger partial charge on any atom is 0.146 e. The van der Waals surface area contributed by atoms with E-state index in [1.54, 1.807) is 12.1 Å². The largest absolute Gasteiger partial charge is 0.383 e. The van der Waals surface area contributed by atoms with Crippen LogP contribution < -0.4 is 5.73 Å². The molecule has 5 nitrogen and oxygen atoms in total. The highest BCUT2D eigenvalue weighted by molar-refractivity contribution is 6.02. The summed E-state index contributed by atoms with van der Waals surface area (Å²) in [5.74, 6) is -0.530. The molecule has 0 saturated heterocycles. The van der Waals surface area contributed by atoms with Crippen LogP contribution in [0.5, 0.6) is 0 Å². The lowest BCUT2D eigenvalue weighted by molar-refractivity contribution is 0.484. The summed E-state index contributed by atoms with van der Waals surface area (Å²) in [4.78, 5) is 12.9. The molecule has 6 rings (SSSR count). The van der Waals surface area contributed by atoms with Gasteiger partial charge in [0.05, 0.1) is 5.39 Å². The molecule has 1 aliphatic carbocycles. The predicted molar refractivity (Wildman–Crippen MR) is 125 cm³/mol. The zero-order valence-electron chi connectivity index (χ0n) is 18.1. The number of rotatable bonds is 5. The van der Waals surface area contributed by atoms with Crippen LogP contribution in [-0.2, 0) is 13.1 Å². The van der Waals surface area contributed by atoms with E-state index >= 15 is 4.39 Å². The van der Waals surface area contributed by atoms with Gasteiger partial charge in [-0.25, -0.2) is 23.1 Å². The second-order valence-electron chi connectivity index (χ2n) is 8.70. The van der Waals surface area contributed by atoms with Gasteiger partial charge in [0.15, 0.2) is 0 Å². The van der Waals surface area contributed by atoms with Gasteiger partial charge in [-0.05, 0) is 47.6 Å². The molecule has 1 aliphatic rings. The van der Waals surface area contributed by atoms with Crippen LogP contribution in [0.15, 0.2) is 55.1 Å². The average Bonchev–Trinajstić information content (AvgIpc) is 3.61. The molecule has 1 fully saturated rings. The standard InChI is InChI=1S/C26H20F3N5/c27-10-14-1-6-22(28)16(7-14)9-17-8-15-2-5-19(24(29)20(15)11-31-17)21-12-34(18-3-4-18)26-23(21)25(30)32-13-33-26/h1-2,5-8,11-13,18H,3-4,9-10H2,(H2,30,32,33). The Morgan fingerprint density at radius 3 is 2.65 bits per heavy atom. The molecule has 0 radical (unpaired) electrons. The third-order valence-corrected chi connectivity index (χ3v) is 6.40. The molecule has 0 bridgehead atoms. The van der Waals surface area contributed by atoms with Gasteiger partial charge in [0.25, 0.3) is 0 Å². The summed E-state index contributed by atoms with van der Waals surface area (Å²) in [7, 11) is 0. The smallest absolute Gasteiger partial charge is 0.146 e. The summed E-state index contributed by atoms with van der Waals surface area (Å²) in [6.07, 6.45) is 7.07. The van der Waals surface area contributed by atoms with Crippen molar-refractivity contribution < 1.29 is 13.2 Å². The van der Waals surface area contributed by atoms with Gasteiger partial charge in [0.2, 0.25) is 0 Å². The van der Waals surface area contributed by atoms with Gasteiger partial charge >= 0.3 is 0 Å². The Bertz CT molecular complexity index is 1570. The van der Waals surface area contributed by atoms with Gasteiger partial charge in [-0.3, -0.25) is 4.98 Å². The summed E-state index contributed by atoms with van der Waals surface area (Å²) in [6.45, 7) is -0.668. The van der Waals surface area contributed by atoms with Crippen LogP contribution in [0.3, 0.4) is 0 Å². The van der Waals surface area contributed by atoms with Gasteiger partial charge in [0, 0.05) is 47.1 Å². The number of pyridine rings is 1. The lowest BCUT2D eigenvalue weighted by Gasteiger charge is -2.09. The van der Waals surface area contributed by atoms with E-state index in [9.17, 15) is 8.78 Å². The van der Waals surface area contributed by atoms with Gasteiger partial charge in [-0.1, -0.05) is 18.2 Å². The lowest BCUT2D eigenvalue weighted by atomic mass is 10.00. The van der Waals surface area contributed by atoms with Crippen molar-refractivity contribution in [3.63, 3.8) is 0 Å². The fraction of sp³-hybridized carbons (Fsp3) is 0.192. The van der Waals surface area contributed by atoms with Crippen LogP contribution >= 0.6 is 0 Å². The maximum atomic E-state index is 15.7. The number of halogens is 3. The van der Waals surface area contributed by atoms with Gasteiger partial charge in [0.1, 0.15) is 36.1 Å². The first-order valence-corrected chi connectivity index (χ1v) is 11.0. The Morgan fingerprint density at radius 2 is 1.85 bits per heavy atom. The van der Waals surface area contributed by atoms with E-state index in [4.69, 9.17) is 5.73 Å². The van der Waals surface area contributed by atoms with E-state index < -0.39 is 18.3 Å². The second kappa shape index (κ2) is 7.83. The fourth-order valence-corrected chi connectivity index (χ4v) is 4.52.